The van der Waals surface area contributed by atoms with Crippen LogP contribution < -0.4 is 10.6 Å². The first-order valence-electron chi connectivity index (χ1n) is 12.4. The number of carbonyl (C=O) groups excluding carboxylic acids is 3. The lowest BCUT2D eigenvalue weighted by atomic mass is 10.0. The number of halogens is 1. The van der Waals surface area contributed by atoms with E-state index in [4.69, 9.17) is 16.3 Å². The number of aromatic nitrogens is 2. The molecule has 0 saturated carbocycles. The molecule has 2 atom stereocenters. The first-order chi connectivity index (χ1) is 17.7. The summed E-state index contributed by atoms with van der Waals surface area (Å²) in [7, 11) is 1.57. The van der Waals surface area contributed by atoms with Crippen LogP contribution in [0.2, 0.25) is 5.02 Å². The molecule has 2 saturated heterocycles. The van der Waals surface area contributed by atoms with Crippen molar-refractivity contribution < 1.29 is 19.1 Å². The van der Waals surface area contributed by atoms with E-state index in [1.165, 1.54) is 0 Å². The highest BCUT2D eigenvalue weighted by Crippen LogP contribution is 2.33. The fourth-order valence-corrected chi connectivity index (χ4v) is 5.58. The SMILES string of the molecule is CNC(=O)[C@H]1CCCN1C(=O)CN1CC(C)(C)OCC1C(=O)Nc1cc(Cl)cc2c1[nH]c1cnccc12. The van der Waals surface area contributed by atoms with Gasteiger partial charge in [-0.05, 0) is 44.9 Å². The average Bonchev–Trinajstić information content (AvgIpc) is 3.48. The van der Waals surface area contributed by atoms with E-state index in [-0.39, 0.29) is 30.9 Å². The van der Waals surface area contributed by atoms with Crippen molar-refractivity contribution in [2.75, 3.05) is 38.6 Å². The third-order valence-corrected chi connectivity index (χ3v) is 7.37. The van der Waals surface area contributed by atoms with Gasteiger partial charge in [0.05, 0.1) is 41.7 Å². The Balaban J connectivity index is 1.39. The van der Waals surface area contributed by atoms with Gasteiger partial charge < -0.3 is 25.3 Å². The fraction of sp³-hybridized carbons (Fsp3) is 0.462. The Labute approximate surface area is 219 Å². The molecule has 0 aliphatic carbocycles. The number of hydrogen-bond donors (Lipinski definition) is 3. The van der Waals surface area contributed by atoms with E-state index in [2.05, 4.69) is 20.6 Å². The third kappa shape index (κ3) is 5.01. The Morgan fingerprint density at radius 1 is 1.22 bits per heavy atom. The van der Waals surface area contributed by atoms with Crippen LogP contribution in [0.1, 0.15) is 26.7 Å². The quantitative estimate of drug-likeness (QED) is 0.470. The van der Waals surface area contributed by atoms with Gasteiger partial charge in [-0.1, -0.05) is 11.6 Å². The number of ether oxygens (including phenoxy) is 1. The van der Waals surface area contributed by atoms with Crippen molar-refractivity contribution in [3.63, 3.8) is 0 Å². The van der Waals surface area contributed by atoms with Gasteiger partial charge in [-0.2, -0.15) is 0 Å². The highest BCUT2D eigenvalue weighted by molar-refractivity contribution is 6.33. The number of anilines is 1. The largest absolute Gasteiger partial charge is 0.372 e. The smallest absolute Gasteiger partial charge is 0.244 e. The third-order valence-electron chi connectivity index (χ3n) is 7.15. The molecule has 11 heteroatoms. The molecule has 2 aliphatic heterocycles. The second-order valence-corrected chi connectivity index (χ2v) is 10.7. The van der Waals surface area contributed by atoms with E-state index in [0.29, 0.717) is 30.2 Å². The first-order valence-corrected chi connectivity index (χ1v) is 12.8. The Bertz CT molecular complexity index is 1370. The van der Waals surface area contributed by atoms with Crippen molar-refractivity contribution in [1.82, 2.24) is 25.1 Å². The minimum atomic E-state index is -0.696. The monoisotopic (exact) mass is 526 g/mol. The van der Waals surface area contributed by atoms with Crippen LogP contribution in [0.4, 0.5) is 5.69 Å². The normalized spacial score (nSPS) is 21.9. The summed E-state index contributed by atoms with van der Waals surface area (Å²) < 4.78 is 5.98. The van der Waals surface area contributed by atoms with Gasteiger partial charge in [0.15, 0.2) is 0 Å². The summed E-state index contributed by atoms with van der Waals surface area (Å²) >= 11 is 6.41. The number of nitrogens with zero attached hydrogens (tertiary/aromatic N) is 3. The predicted molar refractivity (Wildman–Crippen MR) is 141 cm³/mol. The number of nitrogens with one attached hydrogen (secondary N) is 3. The van der Waals surface area contributed by atoms with Crippen molar-refractivity contribution in [2.24, 2.45) is 0 Å². The number of rotatable bonds is 5. The number of benzene rings is 1. The molecular weight excluding hydrogens is 496 g/mol. The van der Waals surface area contributed by atoms with Gasteiger partial charge in [0.25, 0.3) is 0 Å². The van der Waals surface area contributed by atoms with Crippen LogP contribution in [0.5, 0.6) is 0 Å². The van der Waals surface area contributed by atoms with Gasteiger partial charge >= 0.3 is 0 Å². The molecule has 4 heterocycles. The number of amides is 3. The van der Waals surface area contributed by atoms with Crippen molar-refractivity contribution in [1.29, 1.82) is 0 Å². The minimum absolute atomic E-state index is 0.0153. The molecule has 3 amide bonds. The summed E-state index contributed by atoms with van der Waals surface area (Å²) in [5.41, 5.74) is 1.59. The molecular formula is C26H31ClN6O4. The molecule has 3 aromatic rings. The van der Waals surface area contributed by atoms with Crippen LogP contribution in [0.25, 0.3) is 21.8 Å². The molecule has 2 fully saturated rings. The number of pyridine rings is 1. The van der Waals surface area contributed by atoms with E-state index in [1.807, 2.05) is 30.9 Å². The van der Waals surface area contributed by atoms with Crippen molar-refractivity contribution in [3.8, 4) is 0 Å². The zero-order chi connectivity index (χ0) is 26.3. The number of likely N-dealkylation sites (tertiary alicyclic amines) is 1. The maximum atomic E-state index is 13.6. The topological polar surface area (TPSA) is 120 Å². The van der Waals surface area contributed by atoms with Crippen LogP contribution in [0, 0.1) is 0 Å². The summed E-state index contributed by atoms with van der Waals surface area (Å²) in [6.45, 7) is 4.92. The Morgan fingerprint density at radius 3 is 2.81 bits per heavy atom. The van der Waals surface area contributed by atoms with Gasteiger partial charge in [-0.25, -0.2) is 0 Å². The van der Waals surface area contributed by atoms with Crippen LogP contribution in [0.3, 0.4) is 0 Å². The van der Waals surface area contributed by atoms with Crippen molar-refractivity contribution in [2.45, 2.75) is 44.4 Å². The molecule has 2 aliphatic rings. The Hall–Kier alpha value is -3.21. The molecule has 1 aromatic carbocycles. The van der Waals surface area contributed by atoms with E-state index in [1.54, 1.807) is 30.4 Å². The average molecular weight is 527 g/mol. The number of hydrogen-bond acceptors (Lipinski definition) is 6. The molecule has 3 N–H and O–H groups in total. The van der Waals surface area contributed by atoms with Crippen molar-refractivity contribution >= 4 is 56.8 Å². The lowest BCUT2D eigenvalue weighted by Crippen LogP contribution is -2.60. The van der Waals surface area contributed by atoms with Crippen LogP contribution in [-0.4, -0.2) is 88.5 Å². The molecule has 5 rings (SSSR count). The summed E-state index contributed by atoms with van der Waals surface area (Å²) in [4.78, 5) is 50.1. The molecule has 196 valence electrons. The van der Waals surface area contributed by atoms with E-state index in [9.17, 15) is 14.4 Å². The maximum Gasteiger partial charge on any atom is 0.244 e. The lowest BCUT2D eigenvalue weighted by Gasteiger charge is -2.43. The van der Waals surface area contributed by atoms with Crippen LogP contribution in [0.15, 0.2) is 30.6 Å². The molecule has 37 heavy (non-hydrogen) atoms. The second-order valence-electron chi connectivity index (χ2n) is 10.3. The summed E-state index contributed by atoms with van der Waals surface area (Å²) in [5, 5.41) is 7.97. The molecule has 0 bridgehead atoms. The van der Waals surface area contributed by atoms with Gasteiger partial charge in [0, 0.05) is 42.1 Å². The maximum absolute atomic E-state index is 13.6. The number of likely N-dealkylation sites (N-methyl/N-ethyl adjacent to an activating group) is 1. The number of aromatic amines is 1. The molecule has 2 aromatic heterocycles. The second kappa shape index (κ2) is 9.92. The van der Waals surface area contributed by atoms with Gasteiger partial charge in [0.1, 0.15) is 12.1 Å². The number of morpholine rings is 1. The highest BCUT2D eigenvalue weighted by atomic mass is 35.5. The molecule has 10 nitrogen and oxygen atoms in total. The molecule has 0 radical (unpaired) electrons. The summed E-state index contributed by atoms with van der Waals surface area (Å²) in [5.74, 6) is -0.635. The standard InChI is InChI=1S/C26H31ClN6O4/c1-26(2)14-32(12-22(34)33-8-4-5-20(33)24(35)28-3)21(13-37-26)25(36)31-18-10-15(27)9-17-16-6-7-29-11-19(16)30-23(17)18/h6-7,9-11,20-21,30H,4-5,8,12-14H2,1-3H3,(H,28,35)(H,31,36)/t20-,21?/m1/s1. The van der Waals surface area contributed by atoms with E-state index in [0.717, 1.165) is 28.2 Å². The van der Waals surface area contributed by atoms with Crippen molar-refractivity contribution in [3.05, 3.63) is 35.6 Å². The minimum Gasteiger partial charge on any atom is -0.372 e. The van der Waals surface area contributed by atoms with Gasteiger partial charge in [-0.15, -0.1) is 0 Å². The predicted octanol–water partition coefficient (Wildman–Crippen LogP) is 2.52. The summed E-state index contributed by atoms with van der Waals surface area (Å²) in [6, 6.07) is 4.27. The first kappa shape index (κ1) is 25.4. The van der Waals surface area contributed by atoms with E-state index < -0.39 is 17.7 Å². The number of carbonyl (C=O) groups is 3. The lowest BCUT2D eigenvalue weighted by molar-refractivity contribution is -0.152. The highest BCUT2D eigenvalue weighted by Gasteiger charge is 2.41. The zero-order valence-corrected chi connectivity index (χ0v) is 21.9. The number of fused-ring (bicyclic) bond motifs is 3. The summed E-state index contributed by atoms with van der Waals surface area (Å²) in [6.07, 6.45) is 4.84. The Kier molecular flexibility index (Phi) is 6.82. The zero-order valence-electron chi connectivity index (χ0n) is 21.1. The van der Waals surface area contributed by atoms with Gasteiger partial charge in [-0.3, -0.25) is 24.3 Å². The van der Waals surface area contributed by atoms with Crippen LogP contribution >= 0.6 is 11.6 Å². The molecule has 0 spiro atoms. The number of H-pyrrole nitrogens is 1. The van der Waals surface area contributed by atoms with Gasteiger partial charge in [0.2, 0.25) is 17.7 Å². The van der Waals surface area contributed by atoms with Crippen LogP contribution in [-0.2, 0) is 19.1 Å². The fourth-order valence-electron chi connectivity index (χ4n) is 5.36. The Morgan fingerprint density at radius 2 is 2.03 bits per heavy atom. The molecule has 1 unspecified atom stereocenters. The van der Waals surface area contributed by atoms with E-state index >= 15 is 0 Å².